The van der Waals surface area contributed by atoms with E-state index in [-0.39, 0.29) is 5.91 Å². The Bertz CT molecular complexity index is 597. The molecule has 2 aromatic rings. The molecule has 0 saturated carbocycles. The van der Waals surface area contributed by atoms with Crippen molar-refractivity contribution in [1.82, 2.24) is 5.32 Å². The van der Waals surface area contributed by atoms with Crippen molar-refractivity contribution in [1.29, 1.82) is 0 Å². The molecular weight excluding hydrogens is 308 g/mol. The zero-order chi connectivity index (χ0) is 13.8. The van der Waals surface area contributed by atoms with E-state index >= 15 is 0 Å². The number of carbonyl (C=O) groups is 1. The largest absolute Gasteiger partial charge is 0.456 e. The summed E-state index contributed by atoms with van der Waals surface area (Å²) in [5.74, 6) is 0.854. The molecule has 0 unspecified atom stereocenters. The number of ether oxygens (including phenoxy) is 1. The fourth-order valence-corrected chi connectivity index (χ4v) is 1.84. The first kappa shape index (κ1) is 13.4. The standard InChI is InChI=1S/C14H13BrN2O2/c1-17-14(18)12-7-4-10(16)8-13(12)19-11-5-2-9(15)3-6-11/h2-8H,16H2,1H3,(H,17,18). The Morgan fingerprint density at radius 3 is 2.53 bits per heavy atom. The molecule has 0 aliphatic heterocycles. The van der Waals surface area contributed by atoms with Gasteiger partial charge in [0, 0.05) is 23.3 Å². The highest BCUT2D eigenvalue weighted by Gasteiger charge is 2.12. The number of halogens is 1. The summed E-state index contributed by atoms with van der Waals surface area (Å²) in [6.07, 6.45) is 0. The normalized spacial score (nSPS) is 10.0. The second kappa shape index (κ2) is 5.75. The number of rotatable bonds is 3. The third kappa shape index (κ3) is 3.26. The van der Waals surface area contributed by atoms with Gasteiger partial charge in [-0.3, -0.25) is 4.79 Å². The monoisotopic (exact) mass is 320 g/mol. The van der Waals surface area contributed by atoms with Gasteiger partial charge in [0.25, 0.3) is 5.91 Å². The smallest absolute Gasteiger partial charge is 0.254 e. The lowest BCUT2D eigenvalue weighted by Gasteiger charge is -2.11. The van der Waals surface area contributed by atoms with Crippen LogP contribution in [0.1, 0.15) is 10.4 Å². The zero-order valence-electron chi connectivity index (χ0n) is 10.3. The number of amides is 1. The highest BCUT2D eigenvalue weighted by Crippen LogP contribution is 2.28. The van der Waals surface area contributed by atoms with Crippen molar-refractivity contribution < 1.29 is 9.53 Å². The lowest BCUT2D eigenvalue weighted by molar-refractivity contribution is 0.0961. The van der Waals surface area contributed by atoms with Crippen LogP contribution in [0.4, 0.5) is 5.69 Å². The molecule has 2 rings (SSSR count). The number of nitrogen functional groups attached to an aromatic ring is 1. The zero-order valence-corrected chi connectivity index (χ0v) is 11.9. The molecule has 0 aliphatic rings. The van der Waals surface area contributed by atoms with Gasteiger partial charge in [0.05, 0.1) is 5.56 Å². The molecule has 98 valence electrons. The van der Waals surface area contributed by atoms with Gasteiger partial charge in [0.2, 0.25) is 0 Å². The molecule has 0 fully saturated rings. The molecule has 2 aromatic carbocycles. The molecule has 5 heteroatoms. The van der Waals surface area contributed by atoms with Gasteiger partial charge in [-0.25, -0.2) is 0 Å². The second-order valence-corrected chi connectivity index (χ2v) is 4.81. The van der Waals surface area contributed by atoms with E-state index in [2.05, 4.69) is 21.2 Å². The molecule has 0 saturated heterocycles. The average molecular weight is 321 g/mol. The maximum Gasteiger partial charge on any atom is 0.254 e. The summed E-state index contributed by atoms with van der Waals surface area (Å²) < 4.78 is 6.66. The van der Waals surface area contributed by atoms with Crippen LogP contribution in [-0.4, -0.2) is 13.0 Å². The lowest BCUT2D eigenvalue weighted by atomic mass is 10.1. The molecule has 0 bridgehead atoms. The molecule has 0 aliphatic carbocycles. The van der Waals surface area contributed by atoms with Crippen LogP contribution in [0.25, 0.3) is 0 Å². The summed E-state index contributed by atoms with van der Waals surface area (Å²) in [7, 11) is 1.57. The first-order valence-corrected chi connectivity index (χ1v) is 6.44. The molecule has 0 atom stereocenters. The van der Waals surface area contributed by atoms with Crippen molar-refractivity contribution >= 4 is 27.5 Å². The van der Waals surface area contributed by atoms with Gasteiger partial charge in [0.15, 0.2) is 0 Å². The van der Waals surface area contributed by atoms with E-state index in [4.69, 9.17) is 10.5 Å². The molecule has 3 N–H and O–H groups in total. The van der Waals surface area contributed by atoms with Crippen LogP contribution in [-0.2, 0) is 0 Å². The van der Waals surface area contributed by atoms with Gasteiger partial charge in [0.1, 0.15) is 11.5 Å². The van der Waals surface area contributed by atoms with Crippen LogP contribution < -0.4 is 15.8 Å². The first-order valence-electron chi connectivity index (χ1n) is 5.65. The Labute approximate surface area is 119 Å². The van der Waals surface area contributed by atoms with Gasteiger partial charge in [-0.1, -0.05) is 15.9 Å². The maximum atomic E-state index is 11.8. The van der Waals surface area contributed by atoms with Crippen molar-refractivity contribution in [2.24, 2.45) is 0 Å². The van der Waals surface area contributed by atoms with Crippen LogP contribution >= 0.6 is 15.9 Å². The van der Waals surface area contributed by atoms with E-state index < -0.39 is 0 Å². The SMILES string of the molecule is CNC(=O)c1ccc(N)cc1Oc1ccc(Br)cc1. The third-order valence-corrected chi connectivity index (χ3v) is 3.05. The van der Waals surface area contributed by atoms with Crippen LogP contribution in [0.3, 0.4) is 0 Å². The number of hydrogen-bond donors (Lipinski definition) is 2. The van der Waals surface area contributed by atoms with Crippen LogP contribution in [0, 0.1) is 0 Å². The summed E-state index contributed by atoms with van der Waals surface area (Å²) >= 11 is 3.35. The van der Waals surface area contributed by atoms with Crippen LogP contribution in [0.15, 0.2) is 46.9 Å². The van der Waals surface area contributed by atoms with Crippen molar-refractivity contribution in [2.45, 2.75) is 0 Å². The van der Waals surface area contributed by atoms with E-state index in [1.165, 1.54) is 0 Å². The first-order chi connectivity index (χ1) is 9.10. The maximum absolute atomic E-state index is 11.8. The van der Waals surface area contributed by atoms with Crippen molar-refractivity contribution in [3.05, 3.63) is 52.5 Å². The summed E-state index contributed by atoms with van der Waals surface area (Å²) in [6, 6.07) is 12.3. The number of anilines is 1. The van der Waals surface area contributed by atoms with Gasteiger partial charge in [-0.05, 0) is 36.4 Å². The van der Waals surface area contributed by atoms with E-state index in [0.29, 0.717) is 22.7 Å². The predicted molar refractivity (Wildman–Crippen MR) is 78.5 cm³/mol. The summed E-state index contributed by atoms with van der Waals surface area (Å²) in [6.45, 7) is 0. The number of benzene rings is 2. The molecule has 0 radical (unpaired) electrons. The van der Waals surface area contributed by atoms with E-state index in [1.807, 2.05) is 12.1 Å². The fraction of sp³-hybridized carbons (Fsp3) is 0.0714. The number of carbonyl (C=O) groups excluding carboxylic acids is 1. The molecular formula is C14H13BrN2O2. The third-order valence-electron chi connectivity index (χ3n) is 2.52. The Morgan fingerprint density at radius 2 is 1.89 bits per heavy atom. The minimum Gasteiger partial charge on any atom is -0.456 e. The Morgan fingerprint density at radius 1 is 1.21 bits per heavy atom. The number of nitrogens with one attached hydrogen (secondary N) is 1. The minimum atomic E-state index is -0.216. The summed E-state index contributed by atoms with van der Waals surface area (Å²) in [5, 5.41) is 2.57. The predicted octanol–water partition coefficient (Wildman–Crippen LogP) is 3.18. The molecule has 0 aromatic heterocycles. The Balaban J connectivity index is 2.35. The molecule has 4 nitrogen and oxygen atoms in total. The van der Waals surface area contributed by atoms with Gasteiger partial charge < -0.3 is 15.8 Å². The average Bonchev–Trinajstić information content (AvgIpc) is 2.41. The van der Waals surface area contributed by atoms with E-state index in [0.717, 1.165) is 4.47 Å². The van der Waals surface area contributed by atoms with E-state index in [9.17, 15) is 4.79 Å². The Hall–Kier alpha value is -2.01. The highest BCUT2D eigenvalue weighted by molar-refractivity contribution is 9.10. The minimum absolute atomic E-state index is 0.216. The van der Waals surface area contributed by atoms with Gasteiger partial charge in [-0.2, -0.15) is 0 Å². The highest BCUT2D eigenvalue weighted by atomic mass is 79.9. The Kier molecular flexibility index (Phi) is 4.06. The van der Waals surface area contributed by atoms with Crippen LogP contribution in [0.5, 0.6) is 11.5 Å². The summed E-state index contributed by atoms with van der Waals surface area (Å²) in [5.41, 5.74) is 6.71. The van der Waals surface area contributed by atoms with Crippen molar-refractivity contribution in [3.8, 4) is 11.5 Å². The second-order valence-electron chi connectivity index (χ2n) is 3.89. The molecule has 1 amide bonds. The van der Waals surface area contributed by atoms with E-state index in [1.54, 1.807) is 37.4 Å². The topological polar surface area (TPSA) is 64.4 Å². The fourth-order valence-electron chi connectivity index (χ4n) is 1.58. The molecule has 19 heavy (non-hydrogen) atoms. The van der Waals surface area contributed by atoms with Gasteiger partial charge >= 0.3 is 0 Å². The quantitative estimate of drug-likeness (QED) is 0.854. The number of hydrogen-bond acceptors (Lipinski definition) is 3. The molecule has 0 spiro atoms. The lowest BCUT2D eigenvalue weighted by Crippen LogP contribution is -2.18. The van der Waals surface area contributed by atoms with Crippen molar-refractivity contribution in [3.63, 3.8) is 0 Å². The number of nitrogens with two attached hydrogens (primary N) is 1. The van der Waals surface area contributed by atoms with Gasteiger partial charge in [-0.15, -0.1) is 0 Å². The molecule has 0 heterocycles. The van der Waals surface area contributed by atoms with Crippen LogP contribution in [0.2, 0.25) is 0 Å². The van der Waals surface area contributed by atoms with Crippen molar-refractivity contribution in [2.75, 3.05) is 12.8 Å². The summed E-state index contributed by atoms with van der Waals surface area (Å²) in [4.78, 5) is 11.8.